The number of ether oxygens (including phenoxy) is 3. The maximum Gasteiger partial charge on any atom is 0.220 e. The van der Waals surface area contributed by atoms with Gasteiger partial charge in [0.2, 0.25) is 12.1 Å². The first-order valence-electron chi connectivity index (χ1n) is 13.2. The van der Waals surface area contributed by atoms with Crippen LogP contribution in [0.4, 0.5) is 8.78 Å². The van der Waals surface area contributed by atoms with Crippen LogP contribution < -0.4 is 0 Å². The van der Waals surface area contributed by atoms with Crippen LogP contribution in [0.2, 0.25) is 0 Å². The lowest BCUT2D eigenvalue weighted by Crippen LogP contribution is -2.69. The molecular formula is C28H40F2O6. The Morgan fingerprint density at radius 2 is 1.81 bits per heavy atom. The number of aliphatic hydroxyl groups excluding tert-OH is 1. The molecular weight excluding hydrogens is 470 g/mol. The fourth-order valence-corrected chi connectivity index (χ4v) is 7.82. The van der Waals surface area contributed by atoms with Crippen molar-refractivity contribution in [1.29, 1.82) is 0 Å². The minimum Gasteiger partial charge on any atom is -0.494 e. The van der Waals surface area contributed by atoms with E-state index in [0.717, 1.165) is 0 Å². The molecule has 36 heavy (non-hydrogen) atoms. The van der Waals surface area contributed by atoms with Gasteiger partial charge in [-0.3, -0.25) is 4.79 Å². The van der Waals surface area contributed by atoms with Gasteiger partial charge in [0.1, 0.15) is 17.2 Å². The van der Waals surface area contributed by atoms with E-state index >= 15 is 8.78 Å². The largest absolute Gasteiger partial charge is 0.494 e. The van der Waals surface area contributed by atoms with Crippen molar-refractivity contribution < 1.29 is 38.0 Å². The molecule has 0 heterocycles. The number of carbonyl (C=O) groups is 1. The number of ketones is 1. The predicted molar refractivity (Wildman–Crippen MR) is 130 cm³/mol. The van der Waals surface area contributed by atoms with Gasteiger partial charge in [-0.05, 0) is 64.5 Å². The number of halogens is 2. The molecule has 0 spiro atoms. The second-order valence-corrected chi connectivity index (χ2v) is 11.2. The average molecular weight is 511 g/mol. The van der Waals surface area contributed by atoms with Gasteiger partial charge in [-0.15, -0.1) is 0 Å². The lowest BCUT2D eigenvalue weighted by atomic mass is 9.45. The summed E-state index contributed by atoms with van der Waals surface area (Å²) in [5.74, 6) is -2.68. The number of Topliss-reactive ketones (excluding diaryl/α,β-unsaturated/α-hetero) is 1. The molecule has 2 fully saturated rings. The molecule has 2 saturated carbocycles. The number of allylic oxidation sites excluding steroid dienone is 5. The van der Waals surface area contributed by atoms with Crippen molar-refractivity contribution in [2.75, 3.05) is 19.8 Å². The number of alkyl halides is 1. The number of aliphatic hydroxyl groups is 2. The number of hydrogen-bond donors (Lipinski definition) is 2. The zero-order valence-electron chi connectivity index (χ0n) is 22.1. The van der Waals surface area contributed by atoms with Crippen molar-refractivity contribution in [1.82, 2.24) is 0 Å². The Morgan fingerprint density at radius 1 is 1.17 bits per heavy atom. The summed E-state index contributed by atoms with van der Waals surface area (Å²) in [5, 5.41) is 23.6. The topological polar surface area (TPSA) is 85.2 Å². The highest BCUT2D eigenvalue weighted by atomic mass is 19.1. The zero-order valence-corrected chi connectivity index (χ0v) is 22.1. The molecule has 0 radical (unpaired) electrons. The third-order valence-electron chi connectivity index (χ3n) is 9.59. The fraction of sp³-hybridized carbons (Fsp3) is 0.750. The van der Waals surface area contributed by atoms with Crippen molar-refractivity contribution >= 4 is 5.78 Å². The van der Waals surface area contributed by atoms with E-state index in [2.05, 4.69) is 0 Å². The standard InChI is InChI=1S/C28H40F2O6/c1-7-34-17-10-11-25(5)20(13-17)21(29)14-19-18-12-16(4)28(33,23(32)24(35-8-2)36-9-3)26(18,6)15-22(31)27(19,25)30/h10-11,13,16,18-19,22,24,31,33H,7-9,12,14-15H2,1-6H3/t16-,18+,19+,22+,25+,26+,27+,28+/m1/s1. The molecule has 0 amide bonds. The van der Waals surface area contributed by atoms with Crippen LogP contribution in [-0.2, 0) is 19.0 Å². The summed E-state index contributed by atoms with van der Waals surface area (Å²) in [6.07, 6.45) is 1.90. The summed E-state index contributed by atoms with van der Waals surface area (Å²) in [6.45, 7) is 11.2. The Balaban J connectivity index is 1.80. The lowest BCUT2D eigenvalue weighted by Gasteiger charge is -2.61. The van der Waals surface area contributed by atoms with E-state index in [4.69, 9.17) is 14.2 Å². The van der Waals surface area contributed by atoms with Crippen LogP contribution >= 0.6 is 0 Å². The Bertz CT molecular complexity index is 987. The van der Waals surface area contributed by atoms with E-state index in [0.29, 0.717) is 18.8 Å². The molecule has 8 atom stereocenters. The molecule has 0 aliphatic heterocycles. The highest BCUT2D eigenvalue weighted by molar-refractivity contribution is 5.92. The summed E-state index contributed by atoms with van der Waals surface area (Å²) in [7, 11) is 0. The average Bonchev–Trinajstić information content (AvgIpc) is 3.03. The van der Waals surface area contributed by atoms with Gasteiger partial charge in [-0.25, -0.2) is 8.78 Å². The molecule has 0 bridgehead atoms. The van der Waals surface area contributed by atoms with Gasteiger partial charge < -0.3 is 24.4 Å². The van der Waals surface area contributed by atoms with Gasteiger partial charge in [-0.1, -0.05) is 19.9 Å². The monoisotopic (exact) mass is 510 g/mol. The molecule has 0 aromatic heterocycles. The zero-order chi connectivity index (χ0) is 26.7. The number of carbonyl (C=O) groups excluding carboxylic acids is 1. The van der Waals surface area contributed by atoms with Crippen molar-refractivity contribution in [3.05, 3.63) is 35.4 Å². The van der Waals surface area contributed by atoms with Gasteiger partial charge in [0, 0.05) is 36.5 Å². The SMILES string of the molecule is CCOC1=CC2=C(F)C[C@H]3[C@@H]4C[C@@H](C)[C@](O)(C(=O)C(OCC)OCC)[C@@]4(C)C[C@H](O)[C@]3(F)[C@@]2(C)C=C1. The summed E-state index contributed by atoms with van der Waals surface area (Å²) in [5.41, 5.74) is -6.57. The van der Waals surface area contributed by atoms with Gasteiger partial charge in [0.25, 0.3) is 0 Å². The molecule has 0 aromatic carbocycles. The van der Waals surface area contributed by atoms with E-state index in [-0.39, 0.29) is 31.6 Å². The molecule has 0 saturated heterocycles. The highest BCUT2D eigenvalue weighted by Crippen LogP contribution is 2.71. The van der Waals surface area contributed by atoms with Crippen LogP contribution in [-0.4, -0.2) is 59.5 Å². The van der Waals surface area contributed by atoms with E-state index < -0.39 is 63.9 Å². The van der Waals surface area contributed by atoms with Crippen LogP contribution in [0.1, 0.15) is 60.8 Å². The minimum atomic E-state index is -2.19. The van der Waals surface area contributed by atoms with Crippen molar-refractivity contribution in [2.24, 2.45) is 28.6 Å². The van der Waals surface area contributed by atoms with Crippen molar-refractivity contribution in [3.63, 3.8) is 0 Å². The third kappa shape index (κ3) is 3.44. The van der Waals surface area contributed by atoms with Gasteiger partial charge in [0.15, 0.2) is 5.67 Å². The molecule has 8 heteroatoms. The molecule has 4 rings (SSSR count). The fourth-order valence-electron chi connectivity index (χ4n) is 7.82. The first kappa shape index (κ1) is 27.4. The van der Waals surface area contributed by atoms with Gasteiger partial charge >= 0.3 is 0 Å². The van der Waals surface area contributed by atoms with Crippen molar-refractivity contribution in [2.45, 2.75) is 84.5 Å². The quantitative estimate of drug-likeness (QED) is 0.466. The normalized spacial score (nSPS) is 43.7. The molecule has 6 nitrogen and oxygen atoms in total. The van der Waals surface area contributed by atoms with E-state index in [1.165, 1.54) is 6.08 Å². The molecule has 0 aromatic rings. The highest BCUT2D eigenvalue weighted by Gasteiger charge is 2.76. The second kappa shape index (κ2) is 9.29. The third-order valence-corrected chi connectivity index (χ3v) is 9.59. The first-order chi connectivity index (χ1) is 16.9. The van der Waals surface area contributed by atoms with Crippen LogP contribution in [0.5, 0.6) is 0 Å². The van der Waals surface area contributed by atoms with Crippen LogP contribution in [0.3, 0.4) is 0 Å². The van der Waals surface area contributed by atoms with E-state index in [1.807, 2.05) is 6.92 Å². The maximum absolute atomic E-state index is 17.4. The van der Waals surface area contributed by atoms with Gasteiger partial charge in [0.05, 0.1) is 18.1 Å². The maximum atomic E-state index is 17.4. The Kier molecular flexibility index (Phi) is 7.08. The minimum absolute atomic E-state index is 0.150. The van der Waals surface area contributed by atoms with Crippen LogP contribution in [0.15, 0.2) is 35.4 Å². The summed E-state index contributed by atoms with van der Waals surface area (Å²) in [6, 6.07) is 0. The number of fused-ring (bicyclic) bond motifs is 5. The van der Waals surface area contributed by atoms with Gasteiger partial charge in [-0.2, -0.15) is 0 Å². The molecule has 4 aliphatic rings. The molecule has 202 valence electrons. The van der Waals surface area contributed by atoms with Crippen molar-refractivity contribution in [3.8, 4) is 0 Å². The summed E-state index contributed by atoms with van der Waals surface area (Å²) < 4.78 is 49.7. The van der Waals surface area contributed by atoms with E-state index in [9.17, 15) is 15.0 Å². The second-order valence-electron chi connectivity index (χ2n) is 11.2. The Morgan fingerprint density at radius 3 is 2.39 bits per heavy atom. The molecule has 4 aliphatic carbocycles. The predicted octanol–water partition coefficient (Wildman–Crippen LogP) is 4.56. The van der Waals surface area contributed by atoms with Crippen LogP contribution in [0, 0.1) is 28.6 Å². The molecule has 2 N–H and O–H groups in total. The summed E-state index contributed by atoms with van der Waals surface area (Å²) in [4.78, 5) is 13.7. The van der Waals surface area contributed by atoms with E-state index in [1.54, 1.807) is 46.8 Å². The summed E-state index contributed by atoms with van der Waals surface area (Å²) >= 11 is 0. The Labute approximate surface area is 212 Å². The number of rotatable bonds is 8. The molecule has 0 unspecified atom stereocenters. The Hall–Kier alpha value is -1.61. The smallest absolute Gasteiger partial charge is 0.220 e. The number of hydrogen-bond acceptors (Lipinski definition) is 6. The van der Waals surface area contributed by atoms with Crippen LogP contribution in [0.25, 0.3) is 0 Å². The first-order valence-corrected chi connectivity index (χ1v) is 13.2. The lowest BCUT2D eigenvalue weighted by molar-refractivity contribution is -0.228.